The number of nitrogens with one attached hydrogen (secondary N) is 1. The molecule has 3 aromatic carbocycles. The fraction of sp³-hybridized carbons (Fsp3) is 0.200. The summed E-state index contributed by atoms with van der Waals surface area (Å²) in [7, 11) is -3.96. The van der Waals surface area contributed by atoms with Crippen LogP contribution in [0.15, 0.2) is 91.0 Å². The van der Waals surface area contributed by atoms with Gasteiger partial charge in [0.2, 0.25) is 0 Å². The van der Waals surface area contributed by atoms with Crippen molar-refractivity contribution in [2.45, 2.75) is 32.4 Å². The van der Waals surface area contributed by atoms with E-state index in [0.29, 0.717) is 5.56 Å². The highest BCUT2D eigenvalue weighted by molar-refractivity contribution is 7.85. The molecule has 0 aliphatic heterocycles. The summed E-state index contributed by atoms with van der Waals surface area (Å²) >= 11 is 0. The predicted molar refractivity (Wildman–Crippen MR) is 148 cm³/mol. The van der Waals surface area contributed by atoms with E-state index in [4.69, 9.17) is 13.7 Å². The zero-order chi connectivity index (χ0) is 28.4. The molecule has 0 aliphatic rings. The summed E-state index contributed by atoms with van der Waals surface area (Å²) < 4.78 is 55.2. The largest absolute Gasteiger partial charge is 0.483 e. The van der Waals surface area contributed by atoms with E-state index in [1.165, 1.54) is 18.2 Å². The summed E-state index contributed by atoms with van der Waals surface area (Å²) in [6, 6.07) is 25.7. The minimum atomic E-state index is -3.96. The van der Waals surface area contributed by atoms with Gasteiger partial charge in [-0.05, 0) is 41.8 Å². The lowest BCUT2D eigenvalue weighted by molar-refractivity contribution is 0.0944. The Labute approximate surface area is 232 Å². The van der Waals surface area contributed by atoms with E-state index in [-0.39, 0.29) is 55.1 Å². The molecule has 0 aliphatic carbocycles. The van der Waals surface area contributed by atoms with Crippen LogP contribution in [-0.2, 0) is 39.8 Å². The van der Waals surface area contributed by atoms with Gasteiger partial charge in [-0.25, -0.2) is 9.37 Å². The number of ether oxygens (including phenoxy) is 2. The molecular weight excluding hydrogens is 535 g/mol. The maximum absolute atomic E-state index is 13.5. The highest BCUT2D eigenvalue weighted by Crippen LogP contribution is 2.33. The van der Waals surface area contributed by atoms with Crippen LogP contribution in [0, 0.1) is 5.82 Å². The Morgan fingerprint density at radius 2 is 1.45 bits per heavy atom. The number of carbonyl (C=O) groups excluding carboxylic acids is 1. The Balaban J connectivity index is 1.70. The maximum atomic E-state index is 13.5. The normalized spacial score (nSPS) is 11.2. The molecule has 1 amide bonds. The molecule has 1 heterocycles. The van der Waals surface area contributed by atoms with Crippen molar-refractivity contribution >= 4 is 16.0 Å². The smallest absolute Gasteiger partial charge is 0.273 e. The molecule has 1 aromatic heterocycles. The molecule has 0 unspecified atom stereocenters. The molecule has 0 saturated heterocycles. The van der Waals surface area contributed by atoms with E-state index in [1.807, 2.05) is 60.7 Å². The number of nitrogens with zero attached hydrogens (tertiary/aromatic N) is 1. The lowest BCUT2D eigenvalue weighted by Crippen LogP contribution is -2.24. The van der Waals surface area contributed by atoms with Crippen molar-refractivity contribution in [3.63, 3.8) is 0 Å². The third-order valence-electron chi connectivity index (χ3n) is 5.67. The number of benzene rings is 3. The Bertz CT molecular complexity index is 1520. The van der Waals surface area contributed by atoms with Crippen molar-refractivity contribution in [3.05, 3.63) is 125 Å². The molecule has 0 saturated carbocycles. The standard InChI is InChI=1S/C30H29FN2O6S/c1-2-39-40(35,36)21-26-17-27(29(34)32-18-22-13-15-25(31)16-14-22)28(37-19-23-9-5-3-6-10-23)30(33-26)38-20-24-11-7-4-8-12-24/h3-17H,2,18-21H2,1H3,(H,32,34). The number of rotatable bonds is 13. The van der Waals surface area contributed by atoms with Crippen LogP contribution in [0.5, 0.6) is 11.6 Å². The lowest BCUT2D eigenvalue weighted by atomic mass is 10.1. The van der Waals surface area contributed by atoms with E-state index in [2.05, 4.69) is 10.3 Å². The van der Waals surface area contributed by atoms with Crippen molar-refractivity contribution in [3.8, 4) is 11.6 Å². The monoisotopic (exact) mass is 564 g/mol. The zero-order valence-corrected chi connectivity index (χ0v) is 22.7. The average molecular weight is 565 g/mol. The van der Waals surface area contributed by atoms with Gasteiger partial charge in [-0.15, -0.1) is 0 Å². The van der Waals surface area contributed by atoms with Gasteiger partial charge in [0, 0.05) is 6.54 Å². The van der Waals surface area contributed by atoms with Gasteiger partial charge in [0.05, 0.1) is 17.9 Å². The molecule has 1 N–H and O–H groups in total. The topological polar surface area (TPSA) is 104 Å². The van der Waals surface area contributed by atoms with Gasteiger partial charge in [-0.1, -0.05) is 72.8 Å². The first-order valence-electron chi connectivity index (χ1n) is 12.6. The number of amides is 1. The van der Waals surface area contributed by atoms with Gasteiger partial charge in [0.15, 0.2) is 5.75 Å². The van der Waals surface area contributed by atoms with Gasteiger partial charge >= 0.3 is 0 Å². The summed E-state index contributed by atoms with van der Waals surface area (Å²) in [4.78, 5) is 17.9. The molecular formula is C30H29FN2O6S. The molecule has 0 bridgehead atoms. The summed E-state index contributed by atoms with van der Waals surface area (Å²) in [5.74, 6) is -1.47. The van der Waals surface area contributed by atoms with Crippen molar-refractivity contribution < 1.29 is 31.3 Å². The van der Waals surface area contributed by atoms with Crippen molar-refractivity contribution in [2.75, 3.05) is 6.61 Å². The molecule has 0 fully saturated rings. The molecule has 10 heteroatoms. The molecule has 0 atom stereocenters. The summed E-state index contributed by atoms with van der Waals surface area (Å²) in [6.45, 7) is 1.84. The Hall–Kier alpha value is -4.28. The maximum Gasteiger partial charge on any atom is 0.273 e. The van der Waals surface area contributed by atoms with E-state index in [9.17, 15) is 17.6 Å². The lowest BCUT2D eigenvalue weighted by Gasteiger charge is -2.18. The SMILES string of the molecule is CCOS(=O)(=O)Cc1cc(C(=O)NCc2ccc(F)cc2)c(OCc2ccccc2)c(OCc2ccccc2)n1. The van der Waals surface area contributed by atoms with Crippen molar-refractivity contribution in [2.24, 2.45) is 0 Å². The number of aromatic nitrogens is 1. The minimum absolute atomic E-state index is 0.0316. The van der Waals surface area contributed by atoms with E-state index in [0.717, 1.165) is 11.1 Å². The van der Waals surface area contributed by atoms with Crippen LogP contribution in [0.25, 0.3) is 0 Å². The number of carbonyl (C=O) groups is 1. The summed E-state index contributed by atoms with van der Waals surface area (Å²) in [6.07, 6.45) is 0. The predicted octanol–water partition coefficient (Wildman–Crippen LogP) is 5.18. The van der Waals surface area contributed by atoms with Crippen LogP contribution in [0.4, 0.5) is 4.39 Å². The third kappa shape index (κ3) is 8.36. The fourth-order valence-corrected chi connectivity index (χ4v) is 4.73. The quantitative estimate of drug-likeness (QED) is 0.223. The van der Waals surface area contributed by atoms with Crippen LogP contribution in [-0.4, -0.2) is 25.9 Å². The highest BCUT2D eigenvalue weighted by Gasteiger charge is 2.24. The van der Waals surface area contributed by atoms with Crippen LogP contribution in [0.1, 0.15) is 39.7 Å². The number of hydrogen-bond acceptors (Lipinski definition) is 7. The van der Waals surface area contributed by atoms with Crippen LogP contribution in [0.3, 0.4) is 0 Å². The second-order valence-electron chi connectivity index (χ2n) is 8.76. The van der Waals surface area contributed by atoms with E-state index < -0.39 is 21.8 Å². The third-order valence-corrected chi connectivity index (χ3v) is 6.92. The minimum Gasteiger partial charge on any atom is -0.483 e. The van der Waals surface area contributed by atoms with Gasteiger partial charge in [0.25, 0.3) is 21.9 Å². The molecule has 40 heavy (non-hydrogen) atoms. The summed E-state index contributed by atoms with van der Waals surface area (Å²) in [5, 5.41) is 2.78. The molecule has 208 valence electrons. The van der Waals surface area contributed by atoms with Crippen LogP contribution in [0.2, 0.25) is 0 Å². The number of pyridine rings is 1. The zero-order valence-electron chi connectivity index (χ0n) is 21.9. The number of hydrogen-bond donors (Lipinski definition) is 1. The Morgan fingerprint density at radius 1 is 0.850 bits per heavy atom. The van der Waals surface area contributed by atoms with Gasteiger partial charge < -0.3 is 14.8 Å². The first-order valence-corrected chi connectivity index (χ1v) is 14.2. The molecule has 4 aromatic rings. The molecule has 4 rings (SSSR count). The fourth-order valence-electron chi connectivity index (χ4n) is 3.78. The molecule has 0 spiro atoms. The first-order chi connectivity index (χ1) is 19.3. The summed E-state index contributed by atoms with van der Waals surface area (Å²) in [5.41, 5.74) is 2.45. The first kappa shape index (κ1) is 28.7. The van der Waals surface area contributed by atoms with Crippen molar-refractivity contribution in [1.29, 1.82) is 0 Å². The van der Waals surface area contributed by atoms with Gasteiger partial charge in [-0.3, -0.25) is 8.98 Å². The van der Waals surface area contributed by atoms with Crippen LogP contribution >= 0.6 is 0 Å². The Morgan fingerprint density at radius 3 is 2.05 bits per heavy atom. The second kappa shape index (κ2) is 13.7. The van der Waals surface area contributed by atoms with Crippen LogP contribution < -0.4 is 14.8 Å². The number of halogens is 1. The highest BCUT2D eigenvalue weighted by atomic mass is 32.2. The van der Waals surface area contributed by atoms with Crippen molar-refractivity contribution in [1.82, 2.24) is 10.3 Å². The molecule has 8 nitrogen and oxygen atoms in total. The second-order valence-corrected chi connectivity index (χ2v) is 10.4. The Kier molecular flexibility index (Phi) is 9.82. The molecule has 0 radical (unpaired) electrons. The van der Waals surface area contributed by atoms with Gasteiger partial charge in [0.1, 0.15) is 24.8 Å². The van der Waals surface area contributed by atoms with Gasteiger partial charge in [-0.2, -0.15) is 8.42 Å². The average Bonchev–Trinajstić information content (AvgIpc) is 2.95. The van der Waals surface area contributed by atoms with E-state index in [1.54, 1.807) is 19.1 Å². The van der Waals surface area contributed by atoms with E-state index >= 15 is 0 Å².